The molecule has 3 amide bonds. The molecule has 0 atom stereocenters. The van der Waals surface area contributed by atoms with Gasteiger partial charge in [-0.15, -0.1) is 0 Å². The van der Waals surface area contributed by atoms with Gasteiger partial charge in [0.15, 0.2) is 0 Å². The van der Waals surface area contributed by atoms with Crippen LogP contribution in [0.15, 0.2) is 47.3 Å². The van der Waals surface area contributed by atoms with Crippen LogP contribution >= 0.6 is 0 Å². The van der Waals surface area contributed by atoms with Crippen molar-refractivity contribution < 1.29 is 18.8 Å². The molecule has 1 aliphatic rings. The van der Waals surface area contributed by atoms with Gasteiger partial charge in [0.05, 0.1) is 23.7 Å². The third-order valence-electron chi connectivity index (χ3n) is 3.60. The van der Waals surface area contributed by atoms with Gasteiger partial charge < -0.3 is 9.32 Å². The van der Waals surface area contributed by atoms with Crippen LogP contribution in [0, 0.1) is 0 Å². The first-order valence-electron chi connectivity index (χ1n) is 6.78. The molecule has 0 aliphatic carbocycles. The molecule has 22 heavy (non-hydrogen) atoms. The maximum Gasteiger partial charge on any atom is 0.262 e. The van der Waals surface area contributed by atoms with Crippen molar-refractivity contribution in [2.75, 3.05) is 13.6 Å². The van der Waals surface area contributed by atoms with E-state index >= 15 is 0 Å². The summed E-state index contributed by atoms with van der Waals surface area (Å²) >= 11 is 0. The van der Waals surface area contributed by atoms with Gasteiger partial charge in [-0.1, -0.05) is 12.1 Å². The van der Waals surface area contributed by atoms with Crippen LogP contribution in [-0.2, 0) is 11.3 Å². The Bertz CT molecular complexity index is 701. The molecule has 1 aromatic heterocycles. The minimum absolute atomic E-state index is 0.263. The van der Waals surface area contributed by atoms with E-state index in [1.54, 1.807) is 43.6 Å². The second-order valence-corrected chi connectivity index (χ2v) is 5.12. The fourth-order valence-electron chi connectivity index (χ4n) is 2.38. The minimum Gasteiger partial charge on any atom is -0.472 e. The summed E-state index contributed by atoms with van der Waals surface area (Å²) in [5, 5.41) is 0. The smallest absolute Gasteiger partial charge is 0.262 e. The van der Waals surface area contributed by atoms with Crippen LogP contribution in [-0.4, -0.2) is 41.1 Å². The molecule has 0 N–H and O–H groups in total. The fourth-order valence-corrected chi connectivity index (χ4v) is 2.38. The van der Waals surface area contributed by atoms with E-state index in [9.17, 15) is 14.4 Å². The number of carbonyl (C=O) groups excluding carboxylic acids is 3. The summed E-state index contributed by atoms with van der Waals surface area (Å²) in [7, 11) is 1.62. The predicted molar refractivity (Wildman–Crippen MR) is 77.0 cm³/mol. The number of hydrogen-bond donors (Lipinski definition) is 0. The zero-order chi connectivity index (χ0) is 15.7. The van der Waals surface area contributed by atoms with Gasteiger partial charge in [-0.25, -0.2) is 0 Å². The molecule has 1 aromatic carbocycles. The van der Waals surface area contributed by atoms with E-state index in [4.69, 9.17) is 4.42 Å². The molecule has 0 spiro atoms. The standard InChI is InChI=1S/C16H14N2O4/c1-17(8-11-6-7-22-10-11)14(19)9-18-15(20)12-4-2-3-5-13(12)16(18)21/h2-7,10H,8-9H2,1H3. The number of carbonyl (C=O) groups is 3. The molecule has 6 nitrogen and oxygen atoms in total. The predicted octanol–water partition coefficient (Wildman–Crippen LogP) is 1.53. The Morgan fingerprint density at radius 3 is 2.32 bits per heavy atom. The highest BCUT2D eigenvalue weighted by Gasteiger charge is 2.36. The molecule has 2 aromatic rings. The summed E-state index contributed by atoms with van der Waals surface area (Å²) in [6.45, 7) is 0.0964. The van der Waals surface area contributed by atoms with Crippen molar-refractivity contribution in [3.05, 3.63) is 59.5 Å². The van der Waals surface area contributed by atoms with E-state index in [2.05, 4.69) is 0 Å². The Kier molecular flexibility index (Phi) is 3.50. The molecule has 3 rings (SSSR count). The van der Waals surface area contributed by atoms with Crippen LogP contribution in [0.4, 0.5) is 0 Å². The Morgan fingerprint density at radius 2 is 1.77 bits per heavy atom. The van der Waals surface area contributed by atoms with Crippen LogP contribution in [0.25, 0.3) is 0 Å². The van der Waals surface area contributed by atoms with Crippen molar-refractivity contribution in [1.29, 1.82) is 0 Å². The summed E-state index contributed by atoms with van der Waals surface area (Å²) in [4.78, 5) is 39.1. The van der Waals surface area contributed by atoms with E-state index in [-0.39, 0.29) is 12.5 Å². The van der Waals surface area contributed by atoms with Crippen molar-refractivity contribution in [3.8, 4) is 0 Å². The summed E-state index contributed by atoms with van der Waals surface area (Å²) < 4.78 is 4.95. The van der Waals surface area contributed by atoms with Crippen molar-refractivity contribution in [1.82, 2.24) is 9.80 Å². The average molecular weight is 298 g/mol. The Morgan fingerprint density at radius 1 is 1.14 bits per heavy atom. The highest BCUT2D eigenvalue weighted by Crippen LogP contribution is 2.22. The molecule has 0 saturated heterocycles. The molecule has 0 radical (unpaired) electrons. The molecule has 0 saturated carbocycles. The van der Waals surface area contributed by atoms with Crippen molar-refractivity contribution >= 4 is 17.7 Å². The number of nitrogens with zero attached hydrogens (tertiary/aromatic N) is 2. The summed E-state index contributed by atoms with van der Waals surface area (Å²) in [5.41, 5.74) is 1.54. The first-order chi connectivity index (χ1) is 10.6. The lowest BCUT2D eigenvalue weighted by Crippen LogP contribution is -2.40. The summed E-state index contributed by atoms with van der Waals surface area (Å²) in [5.74, 6) is -1.16. The van der Waals surface area contributed by atoms with Gasteiger partial charge in [0.1, 0.15) is 6.54 Å². The second kappa shape index (κ2) is 5.48. The summed E-state index contributed by atoms with van der Waals surface area (Å²) in [6.07, 6.45) is 3.07. The number of amides is 3. The second-order valence-electron chi connectivity index (χ2n) is 5.12. The van der Waals surface area contributed by atoms with Gasteiger partial charge in [-0.05, 0) is 18.2 Å². The minimum atomic E-state index is -0.425. The van der Waals surface area contributed by atoms with Gasteiger partial charge in [0, 0.05) is 19.2 Å². The Labute approximate surface area is 126 Å². The van der Waals surface area contributed by atoms with E-state index < -0.39 is 11.8 Å². The SMILES string of the molecule is CN(Cc1ccoc1)C(=O)CN1C(=O)c2ccccc2C1=O. The van der Waals surface area contributed by atoms with Gasteiger partial charge in [-0.2, -0.15) is 0 Å². The Hall–Kier alpha value is -2.89. The molecule has 0 bridgehead atoms. The third-order valence-corrected chi connectivity index (χ3v) is 3.60. The van der Waals surface area contributed by atoms with E-state index in [0.29, 0.717) is 17.7 Å². The van der Waals surface area contributed by atoms with Gasteiger partial charge in [-0.3, -0.25) is 19.3 Å². The van der Waals surface area contributed by atoms with Crippen LogP contribution in [0.2, 0.25) is 0 Å². The van der Waals surface area contributed by atoms with E-state index in [1.165, 1.54) is 11.2 Å². The van der Waals surface area contributed by atoms with Crippen molar-refractivity contribution in [2.45, 2.75) is 6.54 Å². The number of likely N-dealkylation sites (N-methyl/N-ethyl adjacent to an activating group) is 1. The monoisotopic (exact) mass is 298 g/mol. The largest absolute Gasteiger partial charge is 0.472 e. The average Bonchev–Trinajstić information content (AvgIpc) is 3.10. The zero-order valence-electron chi connectivity index (χ0n) is 12.0. The molecule has 2 heterocycles. The van der Waals surface area contributed by atoms with Crippen molar-refractivity contribution in [3.63, 3.8) is 0 Å². The Balaban J connectivity index is 1.70. The fraction of sp³-hybridized carbons (Fsp3) is 0.188. The van der Waals surface area contributed by atoms with Crippen LogP contribution < -0.4 is 0 Å². The van der Waals surface area contributed by atoms with Crippen LogP contribution in [0.3, 0.4) is 0 Å². The maximum absolute atomic E-state index is 12.2. The number of imide groups is 1. The van der Waals surface area contributed by atoms with Crippen molar-refractivity contribution in [2.24, 2.45) is 0 Å². The molecule has 6 heteroatoms. The quantitative estimate of drug-likeness (QED) is 0.803. The molecule has 112 valence electrons. The van der Waals surface area contributed by atoms with Crippen LogP contribution in [0.5, 0.6) is 0 Å². The molecule has 0 fully saturated rings. The van der Waals surface area contributed by atoms with Gasteiger partial charge in [0.2, 0.25) is 5.91 Å². The lowest BCUT2D eigenvalue weighted by Gasteiger charge is -2.20. The van der Waals surface area contributed by atoms with Gasteiger partial charge in [0.25, 0.3) is 11.8 Å². The number of benzene rings is 1. The van der Waals surface area contributed by atoms with E-state index in [1.807, 2.05) is 0 Å². The maximum atomic E-state index is 12.2. The lowest BCUT2D eigenvalue weighted by molar-refractivity contribution is -0.130. The molecule has 0 unspecified atom stereocenters. The van der Waals surface area contributed by atoms with Crippen LogP contribution in [0.1, 0.15) is 26.3 Å². The number of rotatable bonds is 4. The molecule has 1 aliphatic heterocycles. The first kappa shape index (κ1) is 14.1. The number of fused-ring (bicyclic) bond motifs is 1. The number of furan rings is 1. The zero-order valence-corrected chi connectivity index (χ0v) is 12.0. The third kappa shape index (κ3) is 2.39. The van der Waals surface area contributed by atoms with E-state index in [0.717, 1.165) is 10.5 Å². The normalized spacial score (nSPS) is 13.4. The number of hydrogen-bond acceptors (Lipinski definition) is 4. The topological polar surface area (TPSA) is 70.8 Å². The highest BCUT2D eigenvalue weighted by molar-refractivity contribution is 6.22. The van der Waals surface area contributed by atoms with Gasteiger partial charge >= 0.3 is 0 Å². The summed E-state index contributed by atoms with van der Waals surface area (Å²) in [6, 6.07) is 8.33. The molecular weight excluding hydrogens is 284 g/mol. The first-order valence-corrected chi connectivity index (χ1v) is 6.78. The lowest BCUT2D eigenvalue weighted by atomic mass is 10.1. The highest BCUT2D eigenvalue weighted by atomic mass is 16.3. The molecular formula is C16H14N2O4.